The van der Waals surface area contributed by atoms with Crippen molar-refractivity contribution in [2.45, 2.75) is 32.7 Å². The van der Waals surface area contributed by atoms with E-state index < -0.39 is 6.04 Å². The first-order valence-corrected chi connectivity index (χ1v) is 11.7. The maximum Gasteiger partial charge on any atom is 0.267 e. The van der Waals surface area contributed by atoms with Crippen LogP contribution in [-0.4, -0.2) is 29.7 Å². The van der Waals surface area contributed by atoms with E-state index in [2.05, 4.69) is 25.4 Å². The molecule has 0 radical (unpaired) electrons. The summed E-state index contributed by atoms with van der Waals surface area (Å²) in [4.78, 5) is 31.4. The van der Waals surface area contributed by atoms with E-state index in [0.29, 0.717) is 44.6 Å². The van der Waals surface area contributed by atoms with Crippen LogP contribution >= 0.6 is 11.6 Å². The highest BCUT2D eigenvalue weighted by Gasteiger charge is 2.24. The second kappa shape index (κ2) is 9.38. The summed E-state index contributed by atoms with van der Waals surface area (Å²) in [6.45, 7) is 5.79. The van der Waals surface area contributed by atoms with Gasteiger partial charge in [-0.1, -0.05) is 54.9 Å². The van der Waals surface area contributed by atoms with Crippen LogP contribution in [0.1, 0.15) is 44.4 Å². The Morgan fingerprint density at radius 3 is 2.53 bits per heavy atom. The average Bonchev–Trinajstić information content (AvgIpc) is 3.34. The summed E-state index contributed by atoms with van der Waals surface area (Å²) < 4.78 is 7.00. The van der Waals surface area contributed by atoms with Crippen LogP contribution < -0.4 is 16.6 Å². The number of nitrogens with two attached hydrogens (primary N) is 1. The molecule has 0 saturated heterocycles. The summed E-state index contributed by atoms with van der Waals surface area (Å²) >= 11 is 6.39. The normalized spacial score (nSPS) is 12.2. The lowest BCUT2D eigenvalue weighted by Crippen LogP contribution is -2.27. The molecule has 3 aromatic heterocycles. The zero-order valence-electron chi connectivity index (χ0n) is 19.8. The molecule has 36 heavy (non-hydrogen) atoms. The van der Waals surface area contributed by atoms with Crippen molar-refractivity contribution in [1.29, 1.82) is 0 Å². The number of hydrogen-bond donors (Lipinski definition) is 2. The van der Waals surface area contributed by atoms with E-state index in [-0.39, 0.29) is 23.2 Å². The monoisotopic (exact) mass is 502 g/mol. The van der Waals surface area contributed by atoms with Gasteiger partial charge in [0.25, 0.3) is 11.4 Å². The van der Waals surface area contributed by atoms with Crippen LogP contribution in [0.25, 0.3) is 28.0 Å². The number of para-hydroxylation sites is 1. The van der Waals surface area contributed by atoms with E-state index >= 15 is 0 Å². The number of halogens is 1. The third-order valence-corrected chi connectivity index (χ3v) is 5.99. The summed E-state index contributed by atoms with van der Waals surface area (Å²) in [7, 11) is 0. The maximum absolute atomic E-state index is 13.7. The first-order valence-electron chi connectivity index (χ1n) is 11.3. The lowest BCUT2D eigenvalue weighted by Gasteiger charge is -2.21. The van der Waals surface area contributed by atoms with Gasteiger partial charge >= 0.3 is 0 Å². The number of rotatable bonds is 6. The second-order valence-electron chi connectivity index (χ2n) is 8.54. The Morgan fingerprint density at radius 1 is 1.03 bits per heavy atom. The Balaban J connectivity index is 1.65. The first-order chi connectivity index (χ1) is 17.3. The van der Waals surface area contributed by atoms with Crippen LogP contribution in [0.4, 0.5) is 11.6 Å². The van der Waals surface area contributed by atoms with Crippen molar-refractivity contribution < 1.29 is 4.52 Å². The second-order valence-corrected chi connectivity index (χ2v) is 8.95. The Bertz CT molecular complexity index is 1610. The quantitative estimate of drug-likeness (QED) is 0.336. The molecule has 3 N–H and O–H groups in total. The minimum atomic E-state index is -0.498. The van der Waals surface area contributed by atoms with Gasteiger partial charge in [-0.2, -0.15) is 4.98 Å². The molecule has 10 nitrogen and oxygen atoms in total. The number of nitrogens with zero attached hydrogens (tertiary/aromatic N) is 6. The maximum atomic E-state index is 13.7. The highest BCUT2D eigenvalue weighted by Crippen LogP contribution is 2.32. The van der Waals surface area contributed by atoms with Crippen molar-refractivity contribution in [3.05, 3.63) is 81.9 Å². The van der Waals surface area contributed by atoms with Gasteiger partial charge in [0.15, 0.2) is 5.82 Å². The van der Waals surface area contributed by atoms with Crippen molar-refractivity contribution in [2.24, 2.45) is 0 Å². The molecule has 0 saturated carbocycles. The Kier molecular flexibility index (Phi) is 6.11. The predicted molar refractivity (Wildman–Crippen MR) is 138 cm³/mol. The van der Waals surface area contributed by atoms with E-state index in [1.807, 2.05) is 51.1 Å². The molecule has 2 aromatic carbocycles. The van der Waals surface area contributed by atoms with Gasteiger partial charge in [-0.05, 0) is 31.2 Å². The number of fused-ring (bicyclic) bond motifs is 1. The SMILES string of the molecule is CC(C)c1noc(-c2c(N)ncnc2N[C@@H](C)c2nc3cccc(Cl)c3c(=O)n2-c2ccccc2)n1. The molecule has 0 amide bonds. The van der Waals surface area contributed by atoms with Crippen LogP contribution in [0.15, 0.2) is 64.2 Å². The number of nitrogens with one attached hydrogen (secondary N) is 1. The van der Waals surface area contributed by atoms with Gasteiger partial charge in [0.2, 0.25) is 0 Å². The first kappa shape index (κ1) is 23.4. The van der Waals surface area contributed by atoms with Gasteiger partial charge in [-0.3, -0.25) is 9.36 Å². The van der Waals surface area contributed by atoms with E-state index in [0.717, 1.165) is 0 Å². The summed E-state index contributed by atoms with van der Waals surface area (Å²) in [5.74, 6) is 1.81. The summed E-state index contributed by atoms with van der Waals surface area (Å²) in [6, 6.07) is 14.0. The third kappa shape index (κ3) is 4.16. The van der Waals surface area contributed by atoms with Gasteiger partial charge in [-0.15, -0.1) is 0 Å². The minimum absolute atomic E-state index is 0.0672. The summed E-state index contributed by atoms with van der Waals surface area (Å²) in [5, 5.41) is 8.01. The zero-order chi connectivity index (χ0) is 25.4. The van der Waals surface area contributed by atoms with Crippen molar-refractivity contribution in [1.82, 2.24) is 29.7 Å². The topological polar surface area (TPSA) is 138 Å². The lowest BCUT2D eigenvalue weighted by molar-refractivity contribution is 0.419. The largest absolute Gasteiger partial charge is 0.383 e. The zero-order valence-corrected chi connectivity index (χ0v) is 20.6. The highest BCUT2D eigenvalue weighted by atomic mass is 35.5. The molecule has 11 heteroatoms. The smallest absolute Gasteiger partial charge is 0.267 e. The molecule has 0 unspecified atom stereocenters. The van der Waals surface area contributed by atoms with E-state index in [4.69, 9.17) is 26.8 Å². The Morgan fingerprint density at radius 2 is 1.81 bits per heavy atom. The molecule has 0 aliphatic carbocycles. The van der Waals surface area contributed by atoms with Gasteiger partial charge in [0.05, 0.1) is 27.7 Å². The molecule has 5 rings (SSSR count). The molecule has 1 atom stereocenters. The van der Waals surface area contributed by atoms with Gasteiger partial charge in [-0.25, -0.2) is 15.0 Å². The molecule has 0 aliphatic heterocycles. The third-order valence-electron chi connectivity index (χ3n) is 5.68. The molecule has 0 fully saturated rings. The number of hydrogen-bond acceptors (Lipinski definition) is 9. The van der Waals surface area contributed by atoms with Crippen molar-refractivity contribution >= 4 is 34.1 Å². The highest BCUT2D eigenvalue weighted by molar-refractivity contribution is 6.35. The minimum Gasteiger partial charge on any atom is -0.383 e. The van der Waals surface area contributed by atoms with Crippen molar-refractivity contribution in [3.63, 3.8) is 0 Å². The van der Waals surface area contributed by atoms with Crippen LogP contribution in [0, 0.1) is 0 Å². The summed E-state index contributed by atoms with van der Waals surface area (Å²) in [6.07, 6.45) is 1.34. The standard InChI is InChI=1S/C25H23ClN8O2/c1-13(2)21-32-24(36-33-21)19-20(27)28-12-29-22(19)30-14(3)23-31-17-11-7-10-16(26)18(17)25(35)34(23)15-8-5-4-6-9-15/h4-14H,1-3H3,(H3,27,28,29,30)/t14-/m0/s1. The fraction of sp³-hybridized carbons (Fsp3) is 0.200. The van der Waals surface area contributed by atoms with E-state index in [1.54, 1.807) is 22.8 Å². The molecule has 0 spiro atoms. The van der Waals surface area contributed by atoms with Crippen molar-refractivity contribution in [3.8, 4) is 17.1 Å². The fourth-order valence-electron chi connectivity index (χ4n) is 3.88. The van der Waals surface area contributed by atoms with Gasteiger partial charge < -0.3 is 15.6 Å². The number of nitrogen functional groups attached to an aromatic ring is 1. The average molecular weight is 503 g/mol. The van der Waals surface area contributed by atoms with E-state index in [1.165, 1.54) is 6.33 Å². The molecule has 0 aliphatic rings. The summed E-state index contributed by atoms with van der Waals surface area (Å²) in [5.41, 5.74) is 7.43. The van der Waals surface area contributed by atoms with Gasteiger partial charge in [0, 0.05) is 5.92 Å². The predicted octanol–water partition coefficient (Wildman–Crippen LogP) is 4.76. The molecule has 182 valence electrons. The van der Waals surface area contributed by atoms with Crippen LogP contribution in [0.2, 0.25) is 5.02 Å². The van der Waals surface area contributed by atoms with Crippen LogP contribution in [0.3, 0.4) is 0 Å². The van der Waals surface area contributed by atoms with Crippen LogP contribution in [0.5, 0.6) is 0 Å². The lowest BCUT2D eigenvalue weighted by atomic mass is 10.2. The number of aromatic nitrogens is 6. The molecular weight excluding hydrogens is 480 g/mol. The Hall–Kier alpha value is -4.31. The van der Waals surface area contributed by atoms with E-state index in [9.17, 15) is 4.79 Å². The van der Waals surface area contributed by atoms with Crippen molar-refractivity contribution in [2.75, 3.05) is 11.1 Å². The fourth-order valence-corrected chi connectivity index (χ4v) is 4.13. The molecule has 3 heterocycles. The van der Waals surface area contributed by atoms with Crippen LogP contribution in [-0.2, 0) is 0 Å². The molecular formula is C25H23ClN8O2. The molecule has 0 bridgehead atoms. The molecule has 5 aromatic rings. The van der Waals surface area contributed by atoms with Gasteiger partial charge in [0.1, 0.15) is 29.4 Å². The Labute approximate surface area is 211 Å². The number of benzene rings is 2. The number of anilines is 2.